The molecule has 0 aromatic carbocycles. The number of hydrogen-bond donors (Lipinski definition) is 2. The van der Waals surface area contributed by atoms with Crippen LogP contribution in [0.4, 0.5) is 0 Å². The van der Waals surface area contributed by atoms with Crippen LogP contribution in [0.15, 0.2) is 0 Å². The van der Waals surface area contributed by atoms with Crippen molar-refractivity contribution in [1.82, 2.24) is 0 Å². The van der Waals surface area contributed by atoms with Crippen LogP contribution in [0.3, 0.4) is 0 Å². The average molecular weight is 483 g/mol. The summed E-state index contributed by atoms with van der Waals surface area (Å²) in [4.78, 5) is 1.51. The number of nitrogens with one attached hydrogen (secondary N) is 1. The van der Waals surface area contributed by atoms with Crippen molar-refractivity contribution in [1.29, 1.82) is 0 Å². The fourth-order valence-electron chi connectivity index (χ4n) is 4.22. The normalized spacial score (nSPS) is 13.4. The fraction of sp³-hybridized carbons (Fsp3) is 1.00. The maximum Gasteiger partial charge on any atom is 0.0781 e. The maximum atomic E-state index is 9.23. The predicted molar refractivity (Wildman–Crippen MR) is 136 cm³/mol. The van der Waals surface area contributed by atoms with Crippen molar-refractivity contribution in [3.05, 3.63) is 0 Å². The molecule has 0 spiro atoms. The van der Waals surface area contributed by atoms with Gasteiger partial charge in [0.15, 0.2) is 0 Å². The van der Waals surface area contributed by atoms with Crippen LogP contribution in [-0.4, -0.2) is 37.2 Å². The van der Waals surface area contributed by atoms with Crippen LogP contribution in [0.2, 0.25) is 0 Å². The largest absolute Gasteiger partial charge is 1.00 e. The maximum absolute atomic E-state index is 9.23. The zero-order chi connectivity index (χ0) is 22.3. The summed E-state index contributed by atoms with van der Waals surface area (Å²) in [7, 11) is 4.41. The summed E-state index contributed by atoms with van der Waals surface area (Å²) < 4.78 is 0. The minimum Gasteiger partial charge on any atom is -1.00 e. The van der Waals surface area contributed by atoms with E-state index in [1.54, 1.807) is 0 Å². The van der Waals surface area contributed by atoms with Crippen molar-refractivity contribution in [3.63, 3.8) is 0 Å². The molecule has 2 unspecified atom stereocenters. The lowest BCUT2D eigenvalue weighted by atomic mass is 10.0. The molecule has 2 atom stereocenters. The van der Waals surface area contributed by atoms with Gasteiger partial charge < -0.3 is 22.4 Å². The van der Waals surface area contributed by atoms with Crippen LogP contribution < -0.4 is 17.3 Å². The van der Waals surface area contributed by atoms with Gasteiger partial charge in [-0.05, 0) is 19.8 Å². The molecule has 0 saturated heterocycles. The minimum atomic E-state index is -0.108. The highest BCUT2D eigenvalue weighted by Gasteiger charge is 2.06. The quantitative estimate of drug-likeness (QED) is 0.156. The lowest BCUT2D eigenvalue weighted by Crippen LogP contribution is -3.05. The molecule has 4 heteroatoms. The second-order valence-corrected chi connectivity index (χ2v) is 10.8. The smallest absolute Gasteiger partial charge is 0.0781 e. The number of aliphatic hydroxyl groups excluding tert-OH is 1. The first-order valence-electron chi connectivity index (χ1n) is 13.6. The Balaban J connectivity index is 0. The van der Waals surface area contributed by atoms with Gasteiger partial charge in [-0.3, -0.25) is 0 Å². The van der Waals surface area contributed by atoms with Crippen LogP contribution in [0.5, 0.6) is 0 Å². The van der Waals surface area contributed by atoms with Crippen LogP contribution in [-0.2, 0) is 0 Å². The first-order chi connectivity index (χ1) is 14.5. The van der Waals surface area contributed by atoms with E-state index in [1.807, 2.05) is 6.92 Å². The van der Waals surface area contributed by atoms with Gasteiger partial charge in [0.25, 0.3) is 0 Å². The molecule has 2 nitrogen and oxygen atoms in total. The first kappa shape index (κ1) is 33.7. The molecule has 0 amide bonds. The summed E-state index contributed by atoms with van der Waals surface area (Å²) in [5.41, 5.74) is 0. The monoisotopic (exact) mass is 481 g/mol. The second-order valence-electron chi connectivity index (χ2n) is 10.1. The summed E-state index contributed by atoms with van der Waals surface area (Å²) >= 11 is 6.39. The molecular formula is C27H57Cl2NO. The molecule has 0 rings (SSSR count). The standard InChI is InChI=1S/C27H56ClNO.ClH/c1-26(30)22-20-18-16-14-12-10-8-6-4-5-7-9-11-13-15-17-19-21-23-27(28)24-25-29(2)3;/h26-27,30H,4-25H2,1-3H3;1H. The van der Waals surface area contributed by atoms with E-state index in [0.717, 1.165) is 12.8 Å². The Morgan fingerprint density at radius 3 is 1.13 bits per heavy atom. The van der Waals surface area contributed by atoms with Crippen LogP contribution in [0, 0.1) is 0 Å². The highest BCUT2D eigenvalue weighted by atomic mass is 35.5. The first-order valence-corrected chi connectivity index (χ1v) is 14.1. The van der Waals surface area contributed by atoms with E-state index in [-0.39, 0.29) is 18.5 Å². The van der Waals surface area contributed by atoms with E-state index in [1.165, 1.54) is 133 Å². The van der Waals surface area contributed by atoms with Crippen LogP contribution >= 0.6 is 11.6 Å². The number of aliphatic hydroxyl groups is 1. The van der Waals surface area contributed by atoms with E-state index in [4.69, 9.17) is 11.6 Å². The molecule has 190 valence electrons. The highest BCUT2D eigenvalue weighted by Crippen LogP contribution is 2.16. The molecule has 0 aliphatic heterocycles. The van der Waals surface area contributed by atoms with Crippen molar-refractivity contribution >= 4 is 11.6 Å². The molecule has 2 N–H and O–H groups in total. The van der Waals surface area contributed by atoms with Gasteiger partial charge in [-0.2, -0.15) is 0 Å². The van der Waals surface area contributed by atoms with Crippen molar-refractivity contribution in [2.24, 2.45) is 0 Å². The SMILES string of the molecule is CC(O)CCCCCCCCCCCCCCCCCCCCC(Cl)CC[NH+](C)C.[Cl-]. The van der Waals surface area contributed by atoms with Crippen molar-refractivity contribution in [2.45, 2.75) is 153 Å². The van der Waals surface area contributed by atoms with Gasteiger partial charge in [0, 0.05) is 11.8 Å². The van der Waals surface area contributed by atoms with E-state index in [0.29, 0.717) is 5.38 Å². The third kappa shape index (κ3) is 30.5. The Hall–Kier alpha value is 0.500. The Morgan fingerprint density at radius 1 is 0.548 bits per heavy atom. The average Bonchev–Trinajstić information content (AvgIpc) is 2.70. The van der Waals surface area contributed by atoms with E-state index >= 15 is 0 Å². The zero-order valence-corrected chi connectivity index (χ0v) is 22.9. The summed E-state index contributed by atoms with van der Waals surface area (Å²) in [6.07, 6.45) is 28.4. The van der Waals surface area contributed by atoms with Crippen molar-refractivity contribution in [3.8, 4) is 0 Å². The molecule has 0 aromatic rings. The van der Waals surface area contributed by atoms with Crippen molar-refractivity contribution in [2.75, 3.05) is 20.6 Å². The number of rotatable bonds is 24. The van der Waals surface area contributed by atoms with E-state index in [9.17, 15) is 5.11 Å². The Bertz CT molecular complexity index is 326. The lowest BCUT2D eigenvalue weighted by molar-refractivity contribution is -0.858. The molecule has 0 saturated carbocycles. The number of quaternary nitrogens is 1. The number of alkyl halides is 1. The van der Waals surface area contributed by atoms with Gasteiger partial charge >= 0.3 is 0 Å². The fourth-order valence-corrected chi connectivity index (χ4v) is 4.49. The van der Waals surface area contributed by atoms with Crippen LogP contribution in [0.25, 0.3) is 0 Å². The highest BCUT2D eigenvalue weighted by molar-refractivity contribution is 6.20. The third-order valence-electron chi connectivity index (χ3n) is 6.35. The Labute approximate surface area is 207 Å². The van der Waals surface area contributed by atoms with Gasteiger partial charge in [-0.15, -0.1) is 11.6 Å². The number of halogens is 2. The van der Waals surface area contributed by atoms with E-state index < -0.39 is 0 Å². The summed E-state index contributed by atoms with van der Waals surface area (Å²) in [6, 6.07) is 0. The van der Waals surface area contributed by atoms with E-state index in [2.05, 4.69) is 14.1 Å². The van der Waals surface area contributed by atoms with Gasteiger partial charge in [0.05, 0.1) is 26.7 Å². The van der Waals surface area contributed by atoms with Gasteiger partial charge in [-0.1, -0.05) is 116 Å². The third-order valence-corrected chi connectivity index (χ3v) is 6.78. The lowest BCUT2D eigenvalue weighted by Gasteiger charge is -2.11. The molecule has 0 fully saturated rings. The number of hydrogen-bond acceptors (Lipinski definition) is 1. The van der Waals surface area contributed by atoms with Gasteiger partial charge in [-0.25, -0.2) is 0 Å². The van der Waals surface area contributed by atoms with Crippen LogP contribution in [0.1, 0.15) is 142 Å². The molecule has 0 heterocycles. The summed E-state index contributed by atoms with van der Waals surface area (Å²) in [6.45, 7) is 3.09. The van der Waals surface area contributed by atoms with Gasteiger partial charge in [0.1, 0.15) is 0 Å². The molecule has 0 aliphatic rings. The van der Waals surface area contributed by atoms with Crippen molar-refractivity contribution < 1.29 is 22.4 Å². The zero-order valence-electron chi connectivity index (χ0n) is 21.4. The Kier molecular flexibility index (Phi) is 29.1. The molecule has 0 aromatic heterocycles. The minimum absolute atomic E-state index is 0. The van der Waals surface area contributed by atoms with Gasteiger partial charge in [0.2, 0.25) is 0 Å². The second kappa shape index (κ2) is 26.7. The molecular weight excluding hydrogens is 425 g/mol. The Morgan fingerprint density at radius 2 is 0.839 bits per heavy atom. The topological polar surface area (TPSA) is 24.7 Å². The summed E-state index contributed by atoms with van der Waals surface area (Å²) in [5, 5.41) is 9.63. The molecule has 0 aliphatic carbocycles. The predicted octanol–water partition coefficient (Wildman–Crippen LogP) is 4.32. The summed E-state index contributed by atoms with van der Waals surface area (Å²) in [5.74, 6) is 0. The number of unbranched alkanes of at least 4 members (excludes halogenated alkanes) is 17. The molecule has 0 radical (unpaired) electrons. The molecule has 0 bridgehead atoms. The molecule has 31 heavy (non-hydrogen) atoms.